The molecular weight excluding hydrogens is 222 g/mol. The SMILES string of the molecule is COc1ccc(C[NH2+]Cc2ccc(C)cc2)cc1. The molecule has 0 saturated carbocycles. The minimum atomic E-state index is 0.914. The number of aryl methyl sites for hydroxylation is 1. The summed E-state index contributed by atoms with van der Waals surface area (Å²) >= 11 is 0. The highest BCUT2D eigenvalue weighted by atomic mass is 16.5. The first kappa shape index (κ1) is 12.7. The fourth-order valence-electron chi connectivity index (χ4n) is 1.89. The first-order valence-corrected chi connectivity index (χ1v) is 6.28. The molecule has 2 heteroatoms. The molecule has 18 heavy (non-hydrogen) atoms. The number of hydrogen-bond donors (Lipinski definition) is 1. The lowest BCUT2D eigenvalue weighted by Crippen LogP contribution is -2.80. The van der Waals surface area contributed by atoms with Crippen LogP contribution >= 0.6 is 0 Å². The van der Waals surface area contributed by atoms with Crippen molar-refractivity contribution in [1.29, 1.82) is 0 Å². The number of hydrogen-bond acceptors (Lipinski definition) is 1. The van der Waals surface area contributed by atoms with Crippen LogP contribution in [0.25, 0.3) is 0 Å². The van der Waals surface area contributed by atoms with Gasteiger partial charge in [0.1, 0.15) is 18.8 Å². The van der Waals surface area contributed by atoms with Gasteiger partial charge in [0.15, 0.2) is 0 Å². The smallest absolute Gasteiger partial charge is 0.118 e. The summed E-state index contributed by atoms with van der Waals surface area (Å²) in [5, 5.41) is 2.31. The molecule has 0 atom stereocenters. The Morgan fingerprint density at radius 3 is 1.83 bits per heavy atom. The first-order chi connectivity index (χ1) is 8.78. The lowest BCUT2D eigenvalue weighted by Gasteiger charge is -2.04. The Morgan fingerprint density at radius 2 is 1.33 bits per heavy atom. The van der Waals surface area contributed by atoms with Crippen LogP contribution in [0.3, 0.4) is 0 Å². The van der Waals surface area contributed by atoms with Gasteiger partial charge in [-0.25, -0.2) is 0 Å². The summed E-state index contributed by atoms with van der Waals surface area (Å²) in [7, 11) is 1.69. The van der Waals surface area contributed by atoms with Crippen molar-refractivity contribution in [2.24, 2.45) is 0 Å². The second kappa shape index (κ2) is 6.22. The normalized spacial score (nSPS) is 10.3. The fourth-order valence-corrected chi connectivity index (χ4v) is 1.89. The van der Waals surface area contributed by atoms with Crippen molar-refractivity contribution in [3.8, 4) is 5.75 Å². The Hall–Kier alpha value is -1.80. The van der Waals surface area contributed by atoms with E-state index >= 15 is 0 Å². The number of rotatable bonds is 5. The maximum atomic E-state index is 5.14. The second-order valence-corrected chi connectivity index (χ2v) is 4.53. The van der Waals surface area contributed by atoms with Crippen LogP contribution in [0.2, 0.25) is 0 Å². The van der Waals surface area contributed by atoms with E-state index in [4.69, 9.17) is 4.74 Å². The fraction of sp³-hybridized carbons (Fsp3) is 0.250. The first-order valence-electron chi connectivity index (χ1n) is 6.28. The van der Waals surface area contributed by atoms with Gasteiger partial charge in [-0.15, -0.1) is 0 Å². The highest BCUT2D eigenvalue weighted by Gasteiger charge is 1.98. The molecule has 94 valence electrons. The van der Waals surface area contributed by atoms with Crippen LogP contribution in [-0.2, 0) is 13.1 Å². The van der Waals surface area contributed by atoms with Crippen molar-refractivity contribution < 1.29 is 10.1 Å². The highest BCUT2D eigenvalue weighted by molar-refractivity contribution is 5.26. The number of ether oxygens (including phenoxy) is 1. The Labute approximate surface area is 109 Å². The van der Waals surface area contributed by atoms with Gasteiger partial charge in [-0.3, -0.25) is 0 Å². The van der Waals surface area contributed by atoms with Crippen molar-refractivity contribution in [3.63, 3.8) is 0 Å². The van der Waals surface area contributed by atoms with Crippen LogP contribution < -0.4 is 10.1 Å². The van der Waals surface area contributed by atoms with E-state index in [1.807, 2.05) is 12.1 Å². The summed E-state index contributed by atoms with van der Waals surface area (Å²) in [5.41, 5.74) is 4.01. The van der Waals surface area contributed by atoms with Crippen LogP contribution in [0, 0.1) is 6.92 Å². The zero-order chi connectivity index (χ0) is 12.8. The largest absolute Gasteiger partial charge is 0.497 e. The topological polar surface area (TPSA) is 25.8 Å². The van der Waals surface area contributed by atoms with Gasteiger partial charge in [-0.1, -0.05) is 29.8 Å². The van der Waals surface area contributed by atoms with E-state index in [1.165, 1.54) is 16.7 Å². The van der Waals surface area contributed by atoms with Crippen molar-refractivity contribution in [2.45, 2.75) is 20.0 Å². The number of benzene rings is 2. The van der Waals surface area contributed by atoms with Gasteiger partial charge in [0.05, 0.1) is 7.11 Å². The number of methoxy groups -OCH3 is 1. The molecule has 0 spiro atoms. The lowest BCUT2D eigenvalue weighted by atomic mass is 10.1. The van der Waals surface area contributed by atoms with Gasteiger partial charge in [-0.2, -0.15) is 0 Å². The summed E-state index contributed by atoms with van der Waals surface area (Å²) in [6.07, 6.45) is 0. The van der Waals surface area contributed by atoms with Gasteiger partial charge in [-0.05, 0) is 31.2 Å². The quantitative estimate of drug-likeness (QED) is 0.855. The van der Waals surface area contributed by atoms with Crippen LogP contribution in [0.1, 0.15) is 16.7 Å². The molecule has 0 radical (unpaired) electrons. The molecule has 0 saturated heterocycles. The molecule has 0 aliphatic heterocycles. The molecule has 0 bridgehead atoms. The molecule has 2 aromatic rings. The van der Waals surface area contributed by atoms with Crippen LogP contribution in [0.4, 0.5) is 0 Å². The third kappa shape index (κ3) is 3.60. The maximum Gasteiger partial charge on any atom is 0.118 e. The summed E-state index contributed by atoms with van der Waals surface area (Å²) in [6.45, 7) is 4.13. The molecule has 2 N–H and O–H groups in total. The highest BCUT2D eigenvalue weighted by Crippen LogP contribution is 2.10. The number of nitrogens with two attached hydrogens (primary N) is 1. The van der Waals surface area contributed by atoms with E-state index in [1.54, 1.807) is 7.11 Å². The van der Waals surface area contributed by atoms with Gasteiger partial charge in [0.25, 0.3) is 0 Å². The molecule has 0 unspecified atom stereocenters. The van der Waals surface area contributed by atoms with Crippen molar-refractivity contribution in [1.82, 2.24) is 0 Å². The van der Waals surface area contributed by atoms with E-state index in [0.717, 1.165) is 18.8 Å². The molecule has 2 rings (SSSR count). The average Bonchev–Trinajstić information content (AvgIpc) is 2.42. The summed E-state index contributed by atoms with van der Waals surface area (Å²) in [6, 6.07) is 17.0. The maximum absolute atomic E-state index is 5.14. The molecule has 0 aromatic heterocycles. The van der Waals surface area contributed by atoms with Crippen LogP contribution in [-0.4, -0.2) is 7.11 Å². The Morgan fingerprint density at radius 1 is 0.833 bits per heavy atom. The van der Waals surface area contributed by atoms with E-state index in [9.17, 15) is 0 Å². The van der Waals surface area contributed by atoms with Gasteiger partial charge < -0.3 is 10.1 Å². The number of quaternary nitrogens is 1. The lowest BCUT2D eigenvalue weighted by molar-refractivity contribution is -0.686. The summed E-state index contributed by atoms with van der Waals surface area (Å²) in [4.78, 5) is 0. The van der Waals surface area contributed by atoms with Gasteiger partial charge >= 0.3 is 0 Å². The predicted molar refractivity (Wildman–Crippen MR) is 73.5 cm³/mol. The Balaban J connectivity index is 1.82. The van der Waals surface area contributed by atoms with Gasteiger partial charge in [0, 0.05) is 11.1 Å². The standard InChI is InChI=1S/C16H19NO/c1-13-3-5-14(6-4-13)11-17-12-15-7-9-16(18-2)10-8-15/h3-10,17H,11-12H2,1-2H3/p+1. The van der Waals surface area contributed by atoms with E-state index in [2.05, 4.69) is 48.6 Å². The third-order valence-electron chi connectivity index (χ3n) is 3.04. The zero-order valence-electron chi connectivity index (χ0n) is 11.0. The molecule has 2 nitrogen and oxygen atoms in total. The van der Waals surface area contributed by atoms with Crippen LogP contribution in [0.15, 0.2) is 48.5 Å². The van der Waals surface area contributed by atoms with E-state index in [0.29, 0.717) is 0 Å². The molecule has 0 aliphatic rings. The Kier molecular flexibility index (Phi) is 4.37. The minimum Gasteiger partial charge on any atom is -0.497 e. The van der Waals surface area contributed by atoms with Crippen molar-refractivity contribution in [2.75, 3.05) is 7.11 Å². The summed E-state index contributed by atoms with van der Waals surface area (Å²) in [5.74, 6) is 0.914. The van der Waals surface area contributed by atoms with E-state index < -0.39 is 0 Å². The van der Waals surface area contributed by atoms with Crippen LogP contribution in [0.5, 0.6) is 5.75 Å². The molecule has 0 heterocycles. The molecular formula is C16H20NO+. The monoisotopic (exact) mass is 242 g/mol. The van der Waals surface area contributed by atoms with Gasteiger partial charge in [0.2, 0.25) is 0 Å². The Bertz CT molecular complexity index is 473. The summed E-state index contributed by atoms with van der Waals surface area (Å²) < 4.78 is 5.14. The zero-order valence-corrected chi connectivity index (χ0v) is 11.0. The van der Waals surface area contributed by atoms with E-state index in [-0.39, 0.29) is 0 Å². The second-order valence-electron chi connectivity index (χ2n) is 4.53. The molecule has 0 fully saturated rings. The minimum absolute atomic E-state index is 0.914. The molecule has 2 aromatic carbocycles. The molecule has 0 aliphatic carbocycles. The van der Waals surface area contributed by atoms with Crippen molar-refractivity contribution in [3.05, 3.63) is 65.2 Å². The van der Waals surface area contributed by atoms with Crippen molar-refractivity contribution >= 4 is 0 Å². The predicted octanol–water partition coefficient (Wildman–Crippen LogP) is 2.27. The third-order valence-corrected chi connectivity index (χ3v) is 3.04. The average molecular weight is 242 g/mol. The molecule has 0 amide bonds.